The maximum Gasteiger partial charge on any atom is 0.410 e. The van der Waals surface area contributed by atoms with Gasteiger partial charge in [0.1, 0.15) is 5.60 Å². The molecule has 1 N–H and O–H groups in total. The van der Waals surface area contributed by atoms with Gasteiger partial charge in [0.15, 0.2) is 0 Å². The molecular formula is C22H28N4O3. The Morgan fingerprint density at radius 3 is 2.41 bits per heavy atom. The minimum absolute atomic E-state index is 0.254. The van der Waals surface area contributed by atoms with Gasteiger partial charge in [-0.2, -0.15) is 0 Å². The minimum Gasteiger partial charge on any atom is -0.444 e. The Hall–Kier alpha value is -2.67. The third-order valence-corrected chi connectivity index (χ3v) is 5.22. The SMILES string of the molecule is CC(C)(C)OC(=O)N1CCC(=C(c2ccccc2)c2nnc(C3CNC3)o2)CC1. The number of carbonyl (C=O) groups is 1. The number of ether oxygens (including phenoxy) is 1. The summed E-state index contributed by atoms with van der Waals surface area (Å²) in [4.78, 5) is 14.2. The van der Waals surface area contributed by atoms with Gasteiger partial charge in [-0.3, -0.25) is 0 Å². The zero-order valence-corrected chi connectivity index (χ0v) is 17.3. The van der Waals surface area contributed by atoms with Gasteiger partial charge in [0.25, 0.3) is 0 Å². The van der Waals surface area contributed by atoms with Gasteiger partial charge in [0.2, 0.25) is 11.8 Å². The van der Waals surface area contributed by atoms with Crippen molar-refractivity contribution in [1.82, 2.24) is 20.4 Å². The molecule has 2 saturated heterocycles. The first kappa shape index (κ1) is 19.6. The van der Waals surface area contributed by atoms with Gasteiger partial charge in [-0.25, -0.2) is 4.79 Å². The number of likely N-dealkylation sites (tertiary alicyclic amines) is 1. The van der Waals surface area contributed by atoms with Crippen LogP contribution in [0.15, 0.2) is 40.3 Å². The summed E-state index contributed by atoms with van der Waals surface area (Å²) in [6, 6.07) is 10.2. The van der Waals surface area contributed by atoms with Crippen molar-refractivity contribution in [3.63, 3.8) is 0 Å². The number of aromatic nitrogens is 2. The van der Waals surface area contributed by atoms with Crippen molar-refractivity contribution < 1.29 is 13.9 Å². The number of benzene rings is 1. The maximum atomic E-state index is 12.4. The lowest BCUT2D eigenvalue weighted by Crippen LogP contribution is -2.40. The number of piperidine rings is 1. The van der Waals surface area contributed by atoms with Gasteiger partial charge in [-0.15, -0.1) is 10.2 Å². The summed E-state index contributed by atoms with van der Waals surface area (Å²) >= 11 is 0. The van der Waals surface area contributed by atoms with E-state index in [1.807, 2.05) is 39.0 Å². The Morgan fingerprint density at radius 2 is 1.83 bits per heavy atom. The molecule has 0 unspecified atom stereocenters. The molecule has 2 aromatic rings. The standard InChI is InChI=1S/C22H28N4O3/c1-22(2,3)29-21(27)26-11-9-16(10-12-26)18(15-7-5-4-6-8-15)20-25-24-19(28-20)17-13-23-14-17/h4-8,17,23H,9-14H2,1-3H3. The lowest BCUT2D eigenvalue weighted by molar-refractivity contribution is 0.0236. The highest BCUT2D eigenvalue weighted by Crippen LogP contribution is 2.33. The Morgan fingerprint density at radius 1 is 1.14 bits per heavy atom. The van der Waals surface area contributed by atoms with Crippen LogP contribution in [0.4, 0.5) is 4.79 Å². The van der Waals surface area contributed by atoms with Crippen LogP contribution in [0.1, 0.15) is 56.9 Å². The Labute approximate surface area is 171 Å². The number of amides is 1. The number of hydrogen-bond acceptors (Lipinski definition) is 6. The van der Waals surface area contributed by atoms with E-state index < -0.39 is 5.60 Å². The topological polar surface area (TPSA) is 80.5 Å². The molecule has 1 amide bonds. The summed E-state index contributed by atoms with van der Waals surface area (Å²) in [5, 5.41) is 11.9. The quantitative estimate of drug-likeness (QED) is 0.854. The second kappa shape index (κ2) is 7.99. The second-order valence-electron chi connectivity index (χ2n) is 8.61. The van der Waals surface area contributed by atoms with Crippen molar-refractivity contribution in [2.45, 2.75) is 45.1 Å². The van der Waals surface area contributed by atoms with Crippen molar-refractivity contribution in [3.8, 4) is 0 Å². The summed E-state index contributed by atoms with van der Waals surface area (Å²) in [6.07, 6.45) is 1.26. The van der Waals surface area contributed by atoms with Crippen molar-refractivity contribution in [2.24, 2.45) is 0 Å². The van der Waals surface area contributed by atoms with E-state index in [1.54, 1.807) is 4.90 Å². The molecule has 2 aliphatic rings. The number of carbonyl (C=O) groups excluding carboxylic acids is 1. The molecule has 0 spiro atoms. The Bertz CT molecular complexity index is 884. The van der Waals surface area contributed by atoms with Crippen LogP contribution < -0.4 is 5.32 Å². The van der Waals surface area contributed by atoms with E-state index in [9.17, 15) is 4.79 Å². The zero-order valence-electron chi connectivity index (χ0n) is 17.3. The van der Waals surface area contributed by atoms with E-state index in [-0.39, 0.29) is 6.09 Å². The van der Waals surface area contributed by atoms with Crippen LogP contribution in [0.2, 0.25) is 0 Å². The van der Waals surface area contributed by atoms with Crippen LogP contribution in [0.3, 0.4) is 0 Å². The molecule has 29 heavy (non-hydrogen) atoms. The highest BCUT2D eigenvalue weighted by atomic mass is 16.6. The fourth-order valence-corrected chi connectivity index (χ4v) is 3.58. The molecule has 1 aromatic heterocycles. The smallest absolute Gasteiger partial charge is 0.410 e. The molecule has 7 nitrogen and oxygen atoms in total. The van der Waals surface area contributed by atoms with Crippen molar-refractivity contribution >= 4 is 11.7 Å². The third-order valence-electron chi connectivity index (χ3n) is 5.22. The molecule has 1 aromatic carbocycles. The van der Waals surface area contributed by atoms with Gasteiger partial charge < -0.3 is 19.4 Å². The molecule has 2 aliphatic heterocycles. The number of rotatable bonds is 3. The van der Waals surface area contributed by atoms with E-state index in [1.165, 1.54) is 5.57 Å². The Balaban J connectivity index is 1.58. The van der Waals surface area contributed by atoms with Crippen LogP contribution >= 0.6 is 0 Å². The van der Waals surface area contributed by atoms with E-state index in [0.29, 0.717) is 30.8 Å². The van der Waals surface area contributed by atoms with Crippen LogP contribution in [0.5, 0.6) is 0 Å². The van der Waals surface area contributed by atoms with E-state index in [2.05, 4.69) is 27.6 Å². The van der Waals surface area contributed by atoms with Gasteiger partial charge in [-0.05, 0) is 39.2 Å². The fourth-order valence-electron chi connectivity index (χ4n) is 3.58. The average Bonchev–Trinajstić information content (AvgIpc) is 3.09. The number of nitrogens with zero attached hydrogens (tertiary/aromatic N) is 3. The highest BCUT2D eigenvalue weighted by Gasteiger charge is 2.29. The number of hydrogen-bond donors (Lipinski definition) is 1. The molecule has 4 rings (SSSR count). The van der Waals surface area contributed by atoms with Crippen LogP contribution in [-0.4, -0.2) is 53.0 Å². The minimum atomic E-state index is -0.487. The summed E-state index contributed by atoms with van der Waals surface area (Å²) in [7, 11) is 0. The molecule has 0 saturated carbocycles. The average molecular weight is 396 g/mol. The molecule has 0 bridgehead atoms. The molecule has 3 heterocycles. The lowest BCUT2D eigenvalue weighted by atomic mass is 9.93. The summed E-state index contributed by atoms with van der Waals surface area (Å²) < 4.78 is 11.6. The first-order chi connectivity index (χ1) is 13.9. The summed E-state index contributed by atoms with van der Waals surface area (Å²) in [5.74, 6) is 1.56. The van der Waals surface area contributed by atoms with Crippen molar-refractivity contribution in [2.75, 3.05) is 26.2 Å². The first-order valence-corrected chi connectivity index (χ1v) is 10.2. The normalized spacial score (nSPS) is 17.8. The molecule has 0 radical (unpaired) electrons. The van der Waals surface area contributed by atoms with E-state index in [0.717, 1.165) is 37.1 Å². The largest absolute Gasteiger partial charge is 0.444 e. The predicted molar refractivity (Wildman–Crippen MR) is 109 cm³/mol. The molecular weight excluding hydrogens is 368 g/mol. The van der Waals surface area contributed by atoms with E-state index in [4.69, 9.17) is 9.15 Å². The predicted octanol–water partition coefficient (Wildman–Crippen LogP) is 3.59. The van der Waals surface area contributed by atoms with Crippen molar-refractivity contribution in [1.29, 1.82) is 0 Å². The molecule has 0 atom stereocenters. The van der Waals surface area contributed by atoms with Crippen LogP contribution in [0.25, 0.3) is 5.57 Å². The van der Waals surface area contributed by atoms with E-state index >= 15 is 0 Å². The number of nitrogens with one attached hydrogen (secondary N) is 1. The Kier molecular flexibility index (Phi) is 5.41. The van der Waals surface area contributed by atoms with Gasteiger partial charge in [-0.1, -0.05) is 35.9 Å². The van der Waals surface area contributed by atoms with Crippen LogP contribution in [-0.2, 0) is 4.74 Å². The lowest BCUT2D eigenvalue weighted by Gasteiger charge is -2.31. The molecule has 7 heteroatoms. The van der Waals surface area contributed by atoms with Gasteiger partial charge >= 0.3 is 6.09 Å². The van der Waals surface area contributed by atoms with Crippen molar-refractivity contribution in [3.05, 3.63) is 53.2 Å². The summed E-state index contributed by atoms with van der Waals surface area (Å²) in [5.41, 5.74) is 2.81. The van der Waals surface area contributed by atoms with Gasteiger partial charge in [0.05, 0.1) is 5.92 Å². The third kappa shape index (κ3) is 4.50. The zero-order chi connectivity index (χ0) is 20.4. The maximum absolute atomic E-state index is 12.4. The summed E-state index contributed by atoms with van der Waals surface area (Å²) in [6.45, 7) is 8.66. The molecule has 0 aliphatic carbocycles. The monoisotopic (exact) mass is 396 g/mol. The second-order valence-corrected chi connectivity index (χ2v) is 8.61. The highest BCUT2D eigenvalue weighted by molar-refractivity contribution is 5.78. The fraction of sp³-hybridized carbons (Fsp3) is 0.500. The molecule has 2 fully saturated rings. The van der Waals surface area contributed by atoms with Crippen LogP contribution in [0, 0.1) is 0 Å². The van der Waals surface area contributed by atoms with Gasteiger partial charge in [0, 0.05) is 31.8 Å². The first-order valence-electron chi connectivity index (χ1n) is 10.2. The molecule has 154 valence electrons.